The van der Waals surface area contributed by atoms with Gasteiger partial charge >= 0.3 is 0 Å². The molecule has 0 spiro atoms. The maximum absolute atomic E-state index is 12.4. The van der Waals surface area contributed by atoms with E-state index in [-0.39, 0.29) is 17.9 Å². The van der Waals surface area contributed by atoms with Crippen molar-refractivity contribution in [3.63, 3.8) is 0 Å². The number of carbonyl (C=O) groups is 1. The number of amides is 1. The molecule has 0 aromatic heterocycles. The molecule has 1 amide bonds. The monoisotopic (exact) mass is 272 g/mol. The van der Waals surface area contributed by atoms with Gasteiger partial charge in [-0.15, -0.1) is 0 Å². The first-order valence-electron chi connectivity index (χ1n) is 7.80. The highest BCUT2D eigenvalue weighted by molar-refractivity contribution is 5.80. The molecular formula is C17H24N2O. The highest BCUT2D eigenvalue weighted by Crippen LogP contribution is 2.47. The minimum Gasteiger partial charge on any atom is -0.352 e. The van der Waals surface area contributed by atoms with E-state index in [2.05, 4.69) is 36.5 Å². The lowest BCUT2D eigenvalue weighted by Gasteiger charge is -2.27. The van der Waals surface area contributed by atoms with Crippen LogP contribution in [-0.4, -0.2) is 11.9 Å². The van der Waals surface area contributed by atoms with Gasteiger partial charge in [0.1, 0.15) is 0 Å². The molecule has 2 fully saturated rings. The van der Waals surface area contributed by atoms with E-state index in [0.717, 1.165) is 18.4 Å². The topological polar surface area (TPSA) is 55.1 Å². The number of hydrogen-bond acceptors (Lipinski definition) is 2. The van der Waals surface area contributed by atoms with E-state index in [9.17, 15) is 4.79 Å². The summed E-state index contributed by atoms with van der Waals surface area (Å²) in [5.74, 6) is 1.31. The van der Waals surface area contributed by atoms with Crippen LogP contribution in [0.2, 0.25) is 0 Å². The molecule has 2 aliphatic rings. The molecule has 0 saturated heterocycles. The van der Waals surface area contributed by atoms with Gasteiger partial charge in [0.15, 0.2) is 0 Å². The van der Waals surface area contributed by atoms with Crippen LogP contribution >= 0.6 is 0 Å². The number of benzene rings is 1. The van der Waals surface area contributed by atoms with Crippen LogP contribution in [0.25, 0.3) is 0 Å². The Hall–Kier alpha value is -1.35. The van der Waals surface area contributed by atoms with Gasteiger partial charge in [-0.1, -0.05) is 31.2 Å². The first-order valence-corrected chi connectivity index (χ1v) is 7.80. The molecular weight excluding hydrogens is 248 g/mol. The first-order chi connectivity index (χ1) is 9.69. The molecule has 0 radical (unpaired) electrons. The van der Waals surface area contributed by atoms with E-state index in [4.69, 9.17) is 5.73 Å². The van der Waals surface area contributed by atoms with Gasteiger partial charge < -0.3 is 11.1 Å². The number of carbonyl (C=O) groups excluding carboxylic acids is 1. The van der Waals surface area contributed by atoms with Gasteiger partial charge in [0.25, 0.3) is 0 Å². The molecule has 0 aliphatic heterocycles. The Bertz CT molecular complexity index is 480. The number of rotatable bonds is 4. The molecule has 3 N–H and O–H groups in total. The van der Waals surface area contributed by atoms with Crippen molar-refractivity contribution < 1.29 is 4.79 Å². The average Bonchev–Trinajstić information content (AvgIpc) is 3.06. The largest absolute Gasteiger partial charge is 0.352 e. The first kappa shape index (κ1) is 13.6. The molecule has 108 valence electrons. The zero-order chi connectivity index (χ0) is 14.1. The van der Waals surface area contributed by atoms with Crippen molar-refractivity contribution in [1.82, 2.24) is 5.32 Å². The fourth-order valence-electron chi connectivity index (χ4n) is 3.92. The number of hydrogen-bond donors (Lipinski definition) is 2. The summed E-state index contributed by atoms with van der Waals surface area (Å²) in [6, 6.07) is 8.53. The van der Waals surface area contributed by atoms with Gasteiger partial charge in [-0.05, 0) is 48.6 Å². The second-order valence-corrected chi connectivity index (χ2v) is 6.32. The summed E-state index contributed by atoms with van der Waals surface area (Å²) in [5.41, 5.74) is 8.70. The Balaban J connectivity index is 1.56. The van der Waals surface area contributed by atoms with Crippen LogP contribution in [0.5, 0.6) is 0 Å². The van der Waals surface area contributed by atoms with Crippen LogP contribution < -0.4 is 11.1 Å². The van der Waals surface area contributed by atoms with E-state index >= 15 is 0 Å². The maximum atomic E-state index is 12.4. The number of fused-ring (bicyclic) bond motifs is 2. The van der Waals surface area contributed by atoms with Crippen molar-refractivity contribution in [2.75, 3.05) is 0 Å². The predicted molar refractivity (Wildman–Crippen MR) is 80.0 cm³/mol. The highest BCUT2D eigenvalue weighted by Gasteiger charge is 2.48. The molecule has 1 aromatic carbocycles. The van der Waals surface area contributed by atoms with Gasteiger partial charge in [0.2, 0.25) is 5.91 Å². The van der Waals surface area contributed by atoms with Gasteiger partial charge in [-0.25, -0.2) is 0 Å². The molecule has 3 rings (SSSR count). The van der Waals surface area contributed by atoms with Crippen molar-refractivity contribution in [2.45, 2.75) is 45.2 Å². The summed E-state index contributed by atoms with van der Waals surface area (Å²) in [6.07, 6.45) is 4.60. The lowest BCUT2D eigenvalue weighted by atomic mass is 9.84. The van der Waals surface area contributed by atoms with Crippen LogP contribution in [0.4, 0.5) is 0 Å². The van der Waals surface area contributed by atoms with Crippen LogP contribution in [0, 0.1) is 17.8 Å². The van der Waals surface area contributed by atoms with E-state index in [0.29, 0.717) is 18.4 Å². The molecule has 2 saturated carbocycles. The molecule has 1 aromatic rings. The van der Waals surface area contributed by atoms with Gasteiger partial charge in [-0.3, -0.25) is 4.79 Å². The van der Waals surface area contributed by atoms with E-state index in [1.165, 1.54) is 18.4 Å². The second-order valence-electron chi connectivity index (χ2n) is 6.32. The average molecular weight is 272 g/mol. The molecule has 4 atom stereocenters. The lowest BCUT2D eigenvalue weighted by molar-refractivity contribution is -0.127. The van der Waals surface area contributed by atoms with Crippen LogP contribution in [0.3, 0.4) is 0 Å². The Kier molecular flexibility index (Phi) is 3.79. The smallest absolute Gasteiger partial charge is 0.225 e. The molecule has 20 heavy (non-hydrogen) atoms. The summed E-state index contributed by atoms with van der Waals surface area (Å²) in [7, 11) is 0. The normalized spacial score (nSPS) is 31.5. The predicted octanol–water partition coefficient (Wildman–Crippen LogP) is 2.24. The molecule has 0 heterocycles. The molecule has 3 heteroatoms. The highest BCUT2D eigenvalue weighted by atomic mass is 16.1. The van der Waals surface area contributed by atoms with Crippen molar-refractivity contribution in [2.24, 2.45) is 23.5 Å². The van der Waals surface area contributed by atoms with Crippen molar-refractivity contribution in [3.8, 4) is 0 Å². The number of aryl methyl sites for hydroxylation is 1. The second kappa shape index (κ2) is 5.57. The SMILES string of the molecule is CCc1ccc(CNC(=O)C2C3CCC(C3)C2N)cc1. The molecule has 2 aliphatic carbocycles. The zero-order valence-corrected chi connectivity index (χ0v) is 12.1. The molecule has 4 unspecified atom stereocenters. The zero-order valence-electron chi connectivity index (χ0n) is 12.1. The van der Waals surface area contributed by atoms with Crippen molar-refractivity contribution in [1.29, 1.82) is 0 Å². The number of nitrogens with two attached hydrogens (primary N) is 1. The third kappa shape index (κ3) is 2.47. The number of nitrogens with one attached hydrogen (secondary N) is 1. The fraction of sp³-hybridized carbons (Fsp3) is 0.588. The summed E-state index contributed by atoms with van der Waals surface area (Å²) >= 11 is 0. The Morgan fingerprint density at radius 3 is 2.45 bits per heavy atom. The standard InChI is InChI=1S/C17H24N2O/c1-2-11-3-5-12(6-4-11)10-19-17(20)15-13-7-8-14(9-13)16(15)18/h3-6,13-16H,2,7-10,18H2,1H3,(H,19,20). The maximum Gasteiger partial charge on any atom is 0.225 e. The Labute approximate surface area is 120 Å². The van der Waals surface area contributed by atoms with E-state index in [1.807, 2.05) is 0 Å². The van der Waals surface area contributed by atoms with Crippen molar-refractivity contribution in [3.05, 3.63) is 35.4 Å². The summed E-state index contributed by atoms with van der Waals surface area (Å²) in [6.45, 7) is 2.76. The minimum atomic E-state index is 0.0451. The summed E-state index contributed by atoms with van der Waals surface area (Å²) in [5, 5.41) is 3.07. The lowest BCUT2D eigenvalue weighted by Crippen LogP contribution is -2.45. The van der Waals surface area contributed by atoms with Gasteiger partial charge in [-0.2, -0.15) is 0 Å². The fourth-order valence-corrected chi connectivity index (χ4v) is 3.92. The van der Waals surface area contributed by atoms with E-state index < -0.39 is 0 Å². The van der Waals surface area contributed by atoms with Crippen LogP contribution in [-0.2, 0) is 17.8 Å². The van der Waals surface area contributed by atoms with Crippen molar-refractivity contribution >= 4 is 5.91 Å². The molecule has 3 nitrogen and oxygen atoms in total. The van der Waals surface area contributed by atoms with Gasteiger partial charge in [0, 0.05) is 12.6 Å². The quantitative estimate of drug-likeness (QED) is 0.883. The minimum absolute atomic E-state index is 0.0451. The summed E-state index contributed by atoms with van der Waals surface area (Å²) in [4.78, 5) is 12.4. The van der Waals surface area contributed by atoms with Gasteiger partial charge in [0.05, 0.1) is 5.92 Å². The summed E-state index contributed by atoms with van der Waals surface area (Å²) < 4.78 is 0. The Morgan fingerprint density at radius 1 is 1.20 bits per heavy atom. The van der Waals surface area contributed by atoms with E-state index in [1.54, 1.807) is 0 Å². The Morgan fingerprint density at radius 2 is 1.85 bits per heavy atom. The molecule has 2 bridgehead atoms. The van der Waals surface area contributed by atoms with Crippen LogP contribution in [0.15, 0.2) is 24.3 Å². The third-order valence-corrected chi connectivity index (χ3v) is 5.18. The van der Waals surface area contributed by atoms with Crippen LogP contribution in [0.1, 0.15) is 37.3 Å². The third-order valence-electron chi connectivity index (χ3n) is 5.18.